The number of carbonyl (C=O) groups excluding carboxylic acids is 2. The number of pyridine rings is 1. The van der Waals surface area contributed by atoms with Crippen molar-refractivity contribution in [2.75, 3.05) is 23.8 Å². The Kier molecular flexibility index (Phi) is 5.31. The highest BCUT2D eigenvalue weighted by Gasteiger charge is 2.55. The fraction of sp³-hybridized carbons (Fsp3) is 0.368. The van der Waals surface area contributed by atoms with Gasteiger partial charge in [0.25, 0.3) is 5.78 Å². The highest BCUT2D eigenvalue weighted by molar-refractivity contribution is 7.17. The van der Waals surface area contributed by atoms with Gasteiger partial charge in [-0.25, -0.2) is 9.97 Å². The van der Waals surface area contributed by atoms with Crippen LogP contribution in [0.3, 0.4) is 0 Å². The van der Waals surface area contributed by atoms with E-state index in [1.165, 1.54) is 6.92 Å². The lowest BCUT2D eigenvalue weighted by Crippen LogP contribution is -2.33. The molecule has 1 aliphatic carbocycles. The molecule has 0 atom stereocenters. The average Bonchev–Trinajstić information content (AvgIpc) is 3.01. The summed E-state index contributed by atoms with van der Waals surface area (Å²) in [4.78, 5) is 22.6. The summed E-state index contributed by atoms with van der Waals surface area (Å²) in [6, 6.07) is 3.51. The quantitative estimate of drug-likeness (QED) is 0.585. The maximum Gasteiger partial charge on any atom is 0.995 e. The summed E-state index contributed by atoms with van der Waals surface area (Å²) in [5.41, 5.74) is 1.67. The number of ketones is 1. The van der Waals surface area contributed by atoms with Crippen LogP contribution in [-0.2, 0) is 15.9 Å². The molecule has 0 spiro atoms. The van der Waals surface area contributed by atoms with E-state index in [1.54, 1.807) is 18.3 Å². The summed E-state index contributed by atoms with van der Waals surface area (Å²) in [5, 5.41) is 2.98. The van der Waals surface area contributed by atoms with Crippen molar-refractivity contribution >= 4 is 46.8 Å². The first-order valence-electron chi connectivity index (χ1n) is 9.71. The number of halogens is 2. The molecule has 1 aliphatic heterocycles. The molecule has 0 fully saturated rings. The van der Waals surface area contributed by atoms with E-state index >= 15 is 0 Å². The van der Waals surface area contributed by atoms with Crippen molar-refractivity contribution in [3.8, 4) is 0 Å². The largest absolute Gasteiger partial charge is 0.995 e. The van der Waals surface area contributed by atoms with E-state index in [9.17, 15) is 13.4 Å². The minimum absolute atomic E-state index is 0.0811. The summed E-state index contributed by atoms with van der Waals surface area (Å²) in [5.74, 6) is 0.636. The number of aromatic nitrogens is 2. The van der Waals surface area contributed by atoms with Crippen LogP contribution >= 0.6 is 11.3 Å². The van der Waals surface area contributed by atoms with Crippen molar-refractivity contribution in [2.24, 2.45) is 0 Å². The molecule has 11 heteroatoms. The van der Waals surface area contributed by atoms with Crippen LogP contribution in [0.15, 0.2) is 23.9 Å². The van der Waals surface area contributed by atoms with Gasteiger partial charge in [0.15, 0.2) is 5.13 Å². The predicted molar refractivity (Wildman–Crippen MR) is 113 cm³/mol. The van der Waals surface area contributed by atoms with Crippen LogP contribution in [0.1, 0.15) is 47.2 Å². The van der Waals surface area contributed by atoms with Gasteiger partial charge in [-0.1, -0.05) is 11.3 Å². The number of nitrogens with zero attached hydrogens (tertiary/aromatic N) is 3. The highest BCUT2D eigenvalue weighted by Crippen LogP contribution is 2.42. The number of thiazole rings is 1. The zero-order valence-corrected chi connectivity index (χ0v) is 17.7. The lowest BCUT2D eigenvalue weighted by atomic mass is 9.96. The van der Waals surface area contributed by atoms with E-state index in [1.807, 2.05) is 18.9 Å². The Balaban J connectivity index is 1.79. The van der Waals surface area contributed by atoms with Crippen LogP contribution in [0.4, 0.5) is 19.6 Å². The summed E-state index contributed by atoms with van der Waals surface area (Å²) in [6.07, 6.45) is 3.33. The molecule has 7 nitrogen and oxygen atoms in total. The number of fused-ring (bicyclic) bond motifs is 2. The normalized spacial score (nSPS) is 17.3. The van der Waals surface area contributed by atoms with Crippen molar-refractivity contribution in [3.05, 3.63) is 40.0 Å². The molecule has 2 aromatic heterocycles. The third kappa shape index (κ3) is 3.93. The number of aryl methyl sites for hydroxylation is 1. The third-order valence-electron chi connectivity index (χ3n) is 4.96. The molecule has 0 unspecified atom stereocenters. The number of hydrogen-bond acceptors (Lipinski definition) is 6. The van der Waals surface area contributed by atoms with Gasteiger partial charge in [-0.15, -0.1) is 0 Å². The Bertz CT molecular complexity index is 1050. The minimum atomic E-state index is -4.55. The molecule has 0 aromatic carbocycles. The number of nitrogens with one attached hydrogen (secondary N) is 1. The van der Waals surface area contributed by atoms with Crippen LogP contribution < -0.4 is 10.2 Å². The molecule has 1 N–H and O–H groups in total. The molecule has 0 bridgehead atoms. The Hall–Kier alpha value is -2.82. The number of carbonyl (C=O) groups is 1. The molecule has 158 valence electrons. The van der Waals surface area contributed by atoms with Crippen LogP contribution in [0.5, 0.6) is 0 Å². The molecule has 0 saturated heterocycles. The summed E-state index contributed by atoms with van der Waals surface area (Å²) in [7, 11) is -2.65. The molecular weight excluding hydrogens is 413 g/mol. The van der Waals surface area contributed by atoms with E-state index in [0.717, 1.165) is 23.7 Å². The number of anilines is 2. The van der Waals surface area contributed by atoms with Gasteiger partial charge in [-0.2, -0.15) is 0 Å². The monoisotopic (exact) mass is 434 g/mol. The Labute approximate surface area is 176 Å². The minimum Gasteiger partial charge on any atom is -0.568 e. The number of allylic oxidation sites excluding steroid dienone is 1. The van der Waals surface area contributed by atoms with Crippen molar-refractivity contribution in [2.45, 2.75) is 33.1 Å². The third-order valence-corrected chi connectivity index (χ3v) is 5.97. The molecule has 1 amide bonds. The van der Waals surface area contributed by atoms with Gasteiger partial charge in [-0.3, -0.25) is 4.79 Å². The van der Waals surface area contributed by atoms with Crippen LogP contribution in [-0.4, -0.2) is 42.4 Å². The fourth-order valence-electron chi connectivity index (χ4n) is 3.45. The lowest BCUT2D eigenvalue weighted by Gasteiger charge is -2.23. The molecule has 3 heterocycles. The molecule has 0 radical (unpaired) electrons. The average molecular weight is 434 g/mol. The second-order valence-corrected chi connectivity index (χ2v) is 8.16. The maximum absolute atomic E-state index is 14.5. The van der Waals surface area contributed by atoms with Crippen molar-refractivity contribution < 1.29 is 22.4 Å². The summed E-state index contributed by atoms with van der Waals surface area (Å²) < 4.78 is 39.0. The topological polar surface area (TPSA) is 78.7 Å². The van der Waals surface area contributed by atoms with Crippen molar-refractivity contribution in [3.63, 3.8) is 0 Å². The van der Waals surface area contributed by atoms with E-state index in [-0.39, 0.29) is 17.4 Å². The standard InChI is InChI=1S/C19H21BF2N4O3S/c1-4-26(3)15-9-8-12(10-23-15)16-13-6-5-7-14-18(17(13)29-20(21,22)28-16)30-19(25-14)24-11(2)27/h8-10H,4-7H2,1-3H3,(H,24,25,27). The van der Waals surface area contributed by atoms with Crippen molar-refractivity contribution in [1.29, 1.82) is 0 Å². The van der Waals surface area contributed by atoms with Gasteiger partial charge < -0.3 is 27.8 Å². The van der Waals surface area contributed by atoms with Crippen LogP contribution in [0.2, 0.25) is 0 Å². The van der Waals surface area contributed by atoms with E-state index in [0.29, 0.717) is 46.1 Å². The van der Waals surface area contributed by atoms with Gasteiger partial charge >= 0.3 is 7.11 Å². The predicted octanol–water partition coefficient (Wildman–Crippen LogP) is 3.82. The molecule has 30 heavy (non-hydrogen) atoms. The molecule has 0 saturated carbocycles. The van der Waals surface area contributed by atoms with Gasteiger partial charge in [0.1, 0.15) is 11.6 Å². The van der Waals surface area contributed by atoms with Gasteiger partial charge in [0.05, 0.1) is 21.7 Å². The first kappa shape index (κ1) is 20.5. The van der Waals surface area contributed by atoms with E-state index in [2.05, 4.69) is 15.3 Å². The Morgan fingerprint density at radius 1 is 1.40 bits per heavy atom. The van der Waals surface area contributed by atoms with Crippen LogP contribution in [0.25, 0.3) is 5.76 Å². The lowest BCUT2D eigenvalue weighted by molar-refractivity contribution is -0.184. The Morgan fingerprint density at radius 2 is 2.20 bits per heavy atom. The van der Waals surface area contributed by atoms with Gasteiger partial charge in [-0.05, 0) is 38.3 Å². The zero-order chi connectivity index (χ0) is 21.5. The summed E-state index contributed by atoms with van der Waals surface area (Å²) >= 11 is 1.13. The highest BCUT2D eigenvalue weighted by atomic mass is 32.1. The van der Waals surface area contributed by atoms with E-state index in [4.69, 9.17) is 9.00 Å². The molecule has 4 rings (SSSR count). The Morgan fingerprint density at radius 3 is 2.87 bits per heavy atom. The molecular formula is C19H21BF2N4O3S. The number of rotatable bonds is 4. The van der Waals surface area contributed by atoms with E-state index < -0.39 is 7.11 Å². The van der Waals surface area contributed by atoms with Crippen LogP contribution in [0, 0.1) is 0 Å². The smallest absolute Gasteiger partial charge is 0.568 e. The second kappa shape index (κ2) is 7.79. The van der Waals surface area contributed by atoms with Crippen molar-refractivity contribution in [1.82, 2.24) is 9.97 Å². The first-order chi connectivity index (χ1) is 14.3. The molecule has 2 aliphatic rings. The fourth-order valence-corrected chi connectivity index (χ4v) is 4.52. The number of hydrogen-bond donors (Lipinski definition) is 1. The number of amides is 1. The van der Waals surface area contributed by atoms with Gasteiger partial charge in [0, 0.05) is 26.7 Å². The second-order valence-electron chi connectivity index (χ2n) is 7.16. The van der Waals surface area contributed by atoms with Gasteiger partial charge in [0.2, 0.25) is 5.91 Å². The summed E-state index contributed by atoms with van der Waals surface area (Å²) in [6.45, 7) is 4.14. The molecule has 2 aromatic rings. The SMILES string of the molecule is CCN(C)c1ccc(C2=[O+][B-](F)(F)OC3=C2CCCc2nc(NC(C)=O)sc23)cn1. The maximum atomic E-state index is 14.5. The zero-order valence-electron chi connectivity index (χ0n) is 16.9. The first-order valence-corrected chi connectivity index (χ1v) is 10.5.